The first-order valence-electron chi connectivity index (χ1n) is 6.60. The highest BCUT2D eigenvalue weighted by molar-refractivity contribution is 7.15. The van der Waals surface area contributed by atoms with Crippen LogP contribution in [0.3, 0.4) is 0 Å². The smallest absolute Gasteiger partial charge is 0.416 e. The van der Waals surface area contributed by atoms with Gasteiger partial charge in [0.1, 0.15) is 5.01 Å². The molecule has 1 aromatic carbocycles. The summed E-state index contributed by atoms with van der Waals surface area (Å²) in [6.07, 6.45) is -4.29. The van der Waals surface area contributed by atoms with Gasteiger partial charge in [-0.2, -0.15) is 13.2 Å². The van der Waals surface area contributed by atoms with Gasteiger partial charge in [0, 0.05) is 10.4 Å². The number of carbonyl (C=O) groups is 1. The van der Waals surface area contributed by atoms with E-state index >= 15 is 0 Å². The van der Waals surface area contributed by atoms with Crippen molar-refractivity contribution in [3.8, 4) is 10.6 Å². The predicted molar refractivity (Wildman–Crippen MR) is 77.6 cm³/mol. The molecule has 0 aliphatic rings. The first-order chi connectivity index (χ1) is 10.3. The third kappa shape index (κ3) is 3.85. The molecule has 0 atom stereocenters. The summed E-state index contributed by atoms with van der Waals surface area (Å²) in [5.74, 6) is -0.366. The van der Waals surface area contributed by atoms with E-state index in [4.69, 9.17) is 4.74 Å². The zero-order chi connectivity index (χ0) is 16.3. The predicted octanol–water partition coefficient (Wildman–Crippen LogP) is 4.24. The first kappa shape index (κ1) is 16.5. The van der Waals surface area contributed by atoms with E-state index < -0.39 is 11.7 Å². The van der Waals surface area contributed by atoms with Crippen LogP contribution in [0.4, 0.5) is 13.2 Å². The minimum atomic E-state index is -4.35. The Hall–Kier alpha value is -1.89. The third-order valence-corrected chi connectivity index (χ3v) is 4.03. The second-order valence-corrected chi connectivity index (χ2v) is 5.78. The minimum absolute atomic E-state index is 0.0663. The fraction of sp³-hybridized carbons (Fsp3) is 0.333. The molecule has 3 nitrogen and oxygen atoms in total. The molecule has 0 fully saturated rings. The summed E-state index contributed by atoms with van der Waals surface area (Å²) in [4.78, 5) is 16.7. The topological polar surface area (TPSA) is 39.2 Å². The zero-order valence-corrected chi connectivity index (χ0v) is 12.8. The molecule has 0 spiro atoms. The average molecular weight is 329 g/mol. The van der Waals surface area contributed by atoms with E-state index in [1.807, 2.05) is 6.92 Å². The van der Waals surface area contributed by atoms with Crippen LogP contribution in [0, 0.1) is 6.92 Å². The maximum atomic E-state index is 12.5. The summed E-state index contributed by atoms with van der Waals surface area (Å²) in [6, 6.07) is 4.82. The van der Waals surface area contributed by atoms with Crippen molar-refractivity contribution in [3.63, 3.8) is 0 Å². The number of hydrogen-bond acceptors (Lipinski definition) is 4. The lowest BCUT2D eigenvalue weighted by molar-refractivity contribution is -0.142. The summed E-state index contributed by atoms with van der Waals surface area (Å²) in [7, 11) is 0. The lowest BCUT2D eigenvalue weighted by Gasteiger charge is -2.06. The quantitative estimate of drug-likeness (QED) is 0.788. The van der Waals surface area contributed by atoms with Gasteiger partial charge in [-0.3, -0.25) is 4.79 Å². The Bertz CT molecular complexity index is 662. The van der Waals surface area contributed by atoms with Crippen molar-refractivity contribution < 1.29 is 22.7 Å². The highest BCUT2D eigenvalue weighted by Crippen LogP contribution is 2.32. The average Bonchev–Trinajstić information content (AvgIpc) is 2.79. The van der Waals surface area contributed by atoms with Crippen molar-refractivity contribution in [1.29, 1.82) is 0 Å². The van der Waals surface area contributed by atoms with Crippen LogP contribution in [0.25, 0.3) is 10.6 Å². The summed E-state index contributed by atoms with van der Waals surface area (Å²) in [5.41, 5.74) is 0.492. The molecule has 0 saturated heterocycles. The van der Waals surface area contributed by atoms with Crippen molar-refractivity contribution >= 4 is 17.3 Å². The number of thiazole rings is 1. The maximum absolute atomic E-state index is 12.5. The number of aromatic nitrogens is 1. The molecule has 1 aromatic heterocycles. The number of halogens is 3. The summed E-state index contributed by atoms with van der Waals surface area (Å²) in [5, 5.41) is 0.588. The number of carbonyl (C=O) groups excluding carboxylic acids is 1. The van der Waals surface area contributed by atoms with Crippen LogP contribution >= 0.6 is 11.3 Å². The molecule has 0 radical (unpaired) electrons. The molecule has 1 heterocycles. The van der Waals surface area contributed by atoms with E-state index in [1.54, 1.807) is 6.92 Å². The maximum Gasteiger partial charge on any atom is 0.416 e. The standard InChI is InChI=1S/C15H14F3NO2S/c1-3-21-13(20)8-12-9(2)22-14(19-12)10-4-6-11(7-5-10)15(16,17)18/h4-7H,3,8H2,1-2H3. The normalized spacial score (nSPS) is 11.5. The Kier molecular flexibility index (Phi) is 4.85. The Morgan fingerprint density at radius 2 is 1.91 bits per heavy atom. The van der Waals surface area contributed by atoms with Crippen LogP contribution in [0.2, 0.25) is 0 Å². The number of ether oxygens (including phenoxy) is 1. The number of alkyl halides is 3. The first-order valence-corrected chi connectivity index (χ1v) is 7.42. The van der Waals surface area contributed by atoms with Crippen molar-refractivity contribution in [2.75, 3.05) is 6.61 Å². The van der Waals surface area contributed by atoms with Gasteiger partial charge < -0.3 is 4.74 Å². The number of hydrogen-bond donors (Lipinski definition) is 0. The largest absolute Gasteiger partial charge is 0.466 e. The van der Waals surface area contributed by atoms with Crippen LogP contribution in [0.1, 0.15) is 23.1 Å². The zero-order valence-electron chi connectivity index (χ0n) is 12.0. The molecular weight excluding hydrogens is 315 g/mol. The molecule has 0 saturated carbocycles. The van der Waals surface area contributed by atoms with Crippen molar-refractivity contribution in [3.05, 3.63) is 40.4 Å². The number of nitrogens with zero attached hydrogens (tertiary/aromatic N) is 1. The molecule has 22 heavy (non-hydrogen) atoms. The molecule has 2 rings (SSSR count). The Labute approximate surface area is 129 Å². The van der Waals surface area contributed by atoms with Gasteiger partial charge in [-0.1, -0.05) is 12.1 Å². The van der Waals surface area contributed by atoms with Gasteiger partial charge in [0.25, 0.3) is 0 Å². The third-order valence-electron chi connectivity index (χ3n) is 2.97. The number of esters is 1. The number of aryl methyl sites for hydroxylation is 1. The molecule has 7 heteroatoms. The molecule has 0 aliphatic heterocycles. The van der Waals surface area contributed by atoms with Crippen LogP contribution < -0.4 is 0 Å². The van der Waals surface area contributed by atoms with Crippen LogP contribution in [-0.2, 0) is 22.1 Å². The fourth-order valence-electron chi connectivity index (χ4n) is 1.87. The van der Waals surface area contributed by atoms with E-state index in [-0.39, 0.29) is 12.4 Å². The van der Waals surface area contributed by atoms with Gasteiger partial charge in [0.15, 0.2) is 0 Å². The second-order valence-electron chi connectivity index (χ2n) is 4.58. The van der Waals surface area contributed by atoms with Crippen LogP contribution in [0.15, 0.2) is 24.3 Å². The molecule has 0 unspecified atom stereocenters. The van der Waals surface area contributed by atoms with Crippen molar-refractivity contribution in [2.24, 2.45) is 0 Å². The van der Waals surface area contributed by atoms with E-state index in [0.29, 0.717) is 22.9 Å². The molecule has 0 aliphatic carbocycles. The van der Waals surface area contributed by atoms with Gasteiger partial charge in [0.05, 0.1) is 24.3 Å². The highest BCUT2D eigenvalue weighted by Gasteiger charge is 2.30. The van der Waals surface area contributed by atoms with Crippen molar-refractivity contribution in [2.45, 2.75) is 26.4 Å². The molecule has 0 N–H and O–H groups in total. The van der Waals surface area contributed by atoms with Crippen LogP contribution in [-0.4, -0.2) is 17.6 Å². The molecule has 2 aromatic rings. The number of rotatable bonds is 4. The fourth-order valence-corrected chi connectivity index (χ4v) is 2.80. The molecular formula is C15H14F3NO2S. The monoisotopic (exact) mass is 329 g/mol. The van der Waals surface area contributed by atoms with E-state index in [0.717, 1.165) is 17.0 Å². The Morgan fingerprint density at radius 3 is 2.45 bits per heavy atom. The van der Waals surface area contributed by atoms with E-state index in [9.17, 15) is 18.0 Å². The molecule has 0 amide bonds. The Balaban J connectivity index is 2.21. The van der Waals surface area contributed by atoms with Gasteiger partial charge >= 0.3 is 12.1 Å². The summed E-state index contributed by atoms with van der Waals surface area (Å²) in [6.45, 7) is 3.84. The minimum Gasteiger partial charge on any atom is -0.466 e. The Morgan fingerprint density at radius 1 is 1.27 bits per heavy atom. The number of benzene rings is 1. The SMILES string of the molecule is CCOC(=O)Cc1nc(-c2ccc(C(F)(F)F)cc2)sc1C. The van der Waals surface area contributed by atoms with Gasteiger partial charge in [0.2, 0.25) is 0 Å². The van der Waals surface area contributed by atoms with Gasteiger partial charge in [-0.05, 0) is 26.0 Å². The lowest BCUT2D eigenvalue weighted by atomic mass is 10.1. The van der Waals surface area contributed by atoms with E-state index in [2.05, 4.69) is 4.98 Å². The van der Waals surface area contributed by atoms with Crippen molar-refractivity contribution in [1.82, 2.24) is 4.98 Å². The molecule has 118 valence electrons. The van der Waals surface area contributed by atoms with E-state index in [1.165, 1.54) is 23.5 Å². The second kappa shape index (κ2) is 6.48. The lowest BCUT2D eigenvalue weighted by Crippen LogP contribution is -2.08. The highest BCUT2D eigenvalue weighted by atomic mass is 32.1. The van der Waals surface area contributed by atoms with Crippen LogP contribution in [0.5, 0.6) is 0 Å². The molecule has 0 bridgehead atoms. The summed E-state index contributed by atoms with van der Waals surface area (Å²) < 4.78 is 42.5. The van der Waals surface area contributed by atoms with Gasteiger partial charge in [-0.15, -0.1) is 11.3 Å². The van der Waals surface area contributed by atoms with Gasteiger partial charge in [-0.25, -0.2) is 4.98 Å². The summed E-state index contributed by atoms with van der Waals surface area (Å²) >= 11 is 1.34.